The lowest BCUT2D eigenvalue weighted by Crippen LogP contribution is -2.32. The molecule has 0 aliphatic heterocycles. The highest BCUT2D eigenvalue weighted by Crippen LogP contribution is 2.33. The van der Waals surface area contributed by atoms with Gasteiger partial charge in [-0.1, -0.05) is 19.1 Å². The standard InChI is InChI=1S/C14H21NO/c1-2-15-13-7-3-11(4-8-13)12-5-9-14(16)10-6-12/h5-6,9-11,13,15-16H,2-4,7-8H2,1H3. The van der Waals surface area contributed by atoms with Crippen molar-refractivity contribution in [2.24, 2.45) is 0 Å². The summed E-state index contributed by atoms with van der Waals surface area (Å²) in [6.45, 7) is 3.25. The van der Waals surface area contributed by atoms with Crippen molar-refractivity contribution in [3.05, 3.63) is 29.8 Å². The average molecular weight is 219 g/mol. The minimum absolute atomic E-state index is 0.366. The summed E-state index contributed by atoms with van der Waals surface area (Å²) in [7, 11) is 0. The number of nitrogens with one attached hydrogen (secondary N) is 1. The van der Waals surface area contributed by atoms with E-state index in [4.69, 9.17) is 0 Å². The minimum Gasteiger partial charge on any atom is -0.508 e. The fourth-order valence-electron chi connectivity index (χ4n) is 2.67. The summed E-state index contributed by atoms with van der Waals surface area (Å²) >= 11 is 0. The molecule has 0 unspecified atom stereocenters. The van der Waals surface area contributed by atoms with E-state index in [-0.39, 0.29) is 0 Å². The van der Waals surface area contributed by atoms with Crippen LogP contribution < -0.4 is 5.32 Å². The maximum Gasteiger partial charge on any atom is 0.115 e. The Morgan fingerprint density at radius 3 is 2.31 bits per heavy atom. The monoisotopic (exact) mass is 219 g/mol. The van der Waals surface area contributed by atoms with Gasteiger partial charge in [0.2, 0.25) is 0 Å². The zero-order valence-electron chi connectivity index (χ0n) is 9.95. The molecule has 1 saturated carbocycles. The highest BCUT2D eigenvalue weighted by atomic mass is 16.3. The summed E-state index contributed by atoms with van der Waals surface area (Å²) in [6, 6.07) is 8.44. The third-order valence-corrected chi connectivity index (χ3v) is 3.58. The van der Waals surface area contributed by atoms with E-state index in [1.807, 2.05) is 0 Å². The van der Waals surface area contributed by atoms with Crippen molar-refractivity contribution in [2.75, 3.05) is 6.54 Å². The molecule has 16 heavy (non-hydrogen) atoms. The number of hydrogen-bond donors (Lipinski definition) is 2. The molecule has 1 fully saturated rings. The van der Waals surface area contributed by atoms with Crippen LogP contribution in [0.3, 0.4) is 0 Å². The van der Waals surface area contributed by atoms with Crippen molar-refractivity contribution >= 4 is 0 Å². The molecule has 0 saturated heterocycles. The fraction of sp³-hybridized carbons (Fsp3) is 0.571. The molecule has 1 aromatic carbocycles. The van der Waals surface area contributed by atoms with Crippen LogP contribution in [0.15, 0.2) is 24.3 Å². The Labute approximate surface area is 97.7 Å². The lowest BCUT2D eigenvalue weighted by atomic mass is 9.82. The van der Waals surface area contributed by atoms with Crippen LogP contribution in [0.5, 0.6) is 5.75 Å². The predicted molar refractivity (Wildman–Crippen MR) is 66.8 cm³/mol. The molecule has 0 spiro atoms. The molecule has 88 valence electrons. The maximum atomic E-state index is 9.26. The van der Waals surface area contributed by atoms with Gasteiger partial charge in [0, 0.05) is 6.04 Å². The number of phenolic OH excluding ortho intramolecular Hbond substituents is 1. The number of aromatic hydroxyl groups is 1. The van der Waals surface area contributed by atoms with Gasteiger partial charge in [0.15, 0.2) is 0 Å². The lowest BCUT2D eigenvalue weighted by Gasteiger charge is -2.29. The van der Waals surface area contributed by atoms with E-state index in [0.29, 0.717) is 11.7 Å². The largest absolute Gasteiger partial charge is 0.508 e. The lowest BCUT2D eigenvalue weighted by molar-refractivity contribution is 0.347. The number of benzene rings is 1. The molecule has 0 atom stereocenters. The molecule has 1 aliphatic carbocycles. The average Bonchev–Trinajstić information content (AvgIpc) is 2.32. The number of phenols is 1. The zero-order valence-corrected chi connectivity index (χ0v) is 9.95. The van der Waals surface area contributed by atoms with Gasteiger partial charge in [-0.15, -0.1) is 0 Å². The Bertz CT molecular complexity index is 312. The van der Waals surface area contributed by atoms with Gasteiger partial charge in [-0.3, -0.25) is 0 Å². The van der Waals surface area contributed by atoms with Crippen molar-refractivity contribution in [3.8, 4) is 5.75 Å². The highest BCUT2D eigenvalue weighted by Gasteiger charge is 2.21. The first-order valence-corrected chi connectivity index (χ1v) is 6.32. The summed E-state index contributed by atoms with van der Waals surface area (Å²) in [4.78, 5) is 0. The molecule has 2 heteroatoms. The van der Waals surface area contributed by atoms with Crippen molar-refractivity contribution in [1.29, 1.82) is 0 Å². The highest BCUT2D eigenvalue weighted by molar-refractivity contribution is 5.28. The van der Waals surface area contributed by atoms with Crippen LogP contribution >= 0.6 is 0 Å². The number of rotatable bonds is 3. The SMILES string of the molecule is CCNC1CCC(c2ccc(O)cc2)CC1. The van der Waals surface area contributed by atoms with Gasteiger partial charge in [-0.2, -0.15) is 0 Å². The Balaban J connectivity index is 1.91. The molecule has 0 amide bonds. The molecule has 0 bridgehead atoms. The molecule has 1 aliphatic rings. The summed E-state index contributed by atoms with van der Waals surface area (Å²) < 4.78 is 0. The molecular formula is C14H21NO. The Kier molecular flexibility index (Phi) is 3.83. The molecule has 0 radical (unpaired) electrons. The van der Waals surface area contributed by atoms with E-state index in [1.165, 1.54) is 31.2 Å². The first-order chi connectivity index (χ1) is 7.79. The van der Waals surface area contributed by atoms with Crippen LogP contribution in [-0.2, 0) is 0 Å². The third-order valence-electron chi connectivity index (χ3n) is 3.58. The van der Waals surface area contributed by atoms with Crippen LogP contribution in [-0.4, -0.2) is 17.7 Å². The summed E-state index contributed by atoms with van der Waals surface area (Å²) in [5.74, 6) is 1.06. The van der Waals surface area contributed by atoms with E-state index in [9.17, 15) is 5.11 Å². The van der Waals surface area contributed by atoms with Crippen LogP contribution in [0.4, 0.5) is 0 Å². The van der Waals surface area contributed by atoms with Crippen LogP contribution in [0, 0.1) is 0 Å². The topological polar surface area (TPSA) is 32.3 Å². The first-order valence-electron chi connectivity index (χ1n) is 6.32. The molecule has 0 heterocycles. The smallest absolute Gasteiger partial charge is 0.115 e. The molecule has 1 aromatic rings. The van der Waals surface area contributed by atoms with Gasteiger partial charge < -0.3 is 10.4 Å². The summed E-state index contributed by atoms with van der Waals surface area (Å²) in [5, 5.41) is 12.8. The van der Waals surface area contributed by atoms with Gasteiger partial charge in [0.05, 0.1) is 0 Å². The Morgan fingerprint density at radius 1 is 1.12 bits per heavy atom. The van der Waals surface area contributed by atoms with Gasteiger partial charge in [0.1, 0.15) is 5.75 Å². The summed E-state index contributed by atoms with van der Waals surface area (Å²) in [5.41, 5.74) is 1.38. The van der Waals surface area contributed by atoms with E-state index in [0.717, 1.165) is 12.6 Å². The minimum atomic E-state index is 0.366. The normalized spacial score (nSPS) is 25.6. The predicted octanol–water partition coefficient (Wildman–Crippen LogP) is 3.03. The van der Waals surface area contributed by atoms with Gasteiger partial charge in [-0.25, -0.2) is 0 Å². The molecule has 2 nitrogen and oxygen atoms in total. The maximum absolute atomic E-state index is 9.26. The second-order valence-electron chi connectivity index (χ2n) is 4.70. The van der Waals surface area contributed by atoms with E-state index >= 15 is 0 Å². The van der Waals surface area contributed by atoms with E-state index < -0.39 is 0 Å². The second kappa shape index (κ2) is 5.35. The fourth-order valence-corrected chi connectivity index (χ4v) is 2.67. The molecule has 0 aromatic heterocycles. The molecular weight excluding hydrogens is 198 g/mol. The van der Waals surface area contributed by atoms with Gasteiger partial charge in [0.25, 0.3) is 0 Å². The number of hydrogen-bond acceptors (Lipinski definition) is 2. The summed E-state index contributed by atoms with van der Waals surface area (Å²) in [6.07, 6.45) is 5.09. The van der Waals surface area contributed by atoms with Gasteiger partial charge >= 0.3 is 0 Å². The zero-order chi connectivity index (χ0) is 11.4. The van der Waals surface area contributed by atoms with Crippen molar-refractivity contribution in [3.63, 3.8) is 0 Å². The Hall–Kier alpha value is -1.02. The van der Waals surface area contributed by atoms with Crippen molar-refractivity contribution in [2.45, 2.75) is 44.6 Å². The van der Waals surface area contributed by atoms with Crippen LogP contribution in [0.2, 0.25) is 0 Å². The van der Waals surface area contributed by atoms with Crippen molar-refractivity contribution < 1.29 is 5.11 Å². The first kappa shape index (κ1) is 11.5. The quantitative estimate of drug-likeness (QED) is 0.819. The van der Waals surface area contributed by atoms with E-state index in [1.54, 1.807) is 12.1 Å². The van der Waals surface area contributed by atoms with E-state index in [2.05, 4.69) is 24.4 Å². The molecule has 2 rings (SSSR count). The molecule has 2 N–H and O–H groups in total. The second-order valence-corrected chi connectivity index (χ2v) is 4.70. The van der Waals surface area contributed by atoms with Gasteiger partial charge in [-0.05, 0) is 55.8 Å². The van der Waals surface area contributed by atoms with Crippen LogP contribution in [0.1, 0.15) is 44.1 Å². The van der Waals surface area contributed by atoms with Crippen LogP contribution in [0.25, 0.3) is 0 Å². The van der Waals surface area contributed by atoms with Crippen molar-refractivity contribution in [1.82, 2.24) is 5.32 Å². The Morgan fingerprint density at radius 2 is 1.75 bits per heavy atom. The third kappa shape index (κ3) is 2.76.